The third-order valence-electron chi connectivity index (χ3n) is 1.52. The number of nitrogens with zero attached hydrogens (tertiary/aromatic N) is 3. The molecular formula is C7H10N4O. The highest BCUT2D eigenvalue weighted by molar-refractivity contribution is 5.91. The molecular weight excluding hydrogens is 156 g/mol. The van der Waals surface area contributed by atoms with Crippen molar-refractivity contribution in [3.63, 3.8) is 0 Å². The Bertz CT molecular complexity index is 315. The van der Waals surface area contributed by atoms with Gasteiger partial charge in [0.25, 0.3) is 5.91 Å². The molecule has 0 aliphatic heterocycles. The van der Waals surface area contributed by atoms with Gasteiger partial charge in [-0.1, -0.05) is 11.3 Å². The van der Waals surface area contributed by atoms with Gasteiger partial charge in [-0.3, -0.25) is 4.79 Å². The molecule has 0 unspecified atom stereocenters. The molecule has 64 valence electrons. The first-order valence-electron chi connectivity index (χ1n) is 3.47. The summed E-state index contributed by atoms with van der Waals surface area (Å²) in [5.74, 6) is -0.553. The zero-order valence-electron chi connectivity index (χ0n) is 6.82. The molecule has 0 radical (unpaired) electrons. The summed E-state index contributed by atoms with van der Waals surface area (Å²) in [7, 11) is 0. The number of carbonyl (C=O) groups excluding carboxylic acids is 1. The third kappa shape index (κ3) is 1.34. The number of allylic oxidation sites excluding steroid dienone is 1. The van der Waals surface area contributed by atoms with Crippen LogP contribution in [-0.2, 0) is 6.54 Å². The van der Waals surface area contributed by atoms with Crippen molar-refractivity contribution in [1.82, 2.24) is 15.0 Å². The molecule has 0 aliphatic carbocycles. The standard InChI is InChI=1S/C7H10N4O/c1-3-4-11-5(2)6(7(8)12)9-10-11/h3H,1,4H2,2H3,(H2,8,12). The Kier molecular flexibility index (Phi) is 2.23. The fourth-order valence-electron chi connectivity index (χ4n) is 0.884. The molecule has 0 saturated heterocycles. The van der Waals surface area contributed by atoms with Gasteiger partial charge in [-0.05, 0) is 6.92 Å². The van der Waals surface area contributed by atoms with Crippen molar-refractivity contribution < 1.29 is 4.79 Å². The summed E-state index contributed by atoms with van der Waals surface area (Å²) < 4.78 is 1.56. The largest absolute Gasteiger partial charge is 0.364 e. The fraction of sp³-hybridized carbons (Fsp3) is 0.286. The van der Waals surface area contributed by atoms with Gasteiger partial charge in [-0.2, -0.15) is 0 Å². The summed E-state index contributed by atoms with van der Waals surface area (Å²) in [4.78, 5) is 10.7. The molecule has 0 atom stereocenters. The normalized spacial score (nSPS) is 9.75. The second kappa shape index (κ2) is 3.17. The summed E-state index contributed by atoms with van der Waals surface area (Å²) in [6.07, 6.45) is 1.67. The first-order valence-corrected chi connectivity index (χ1v) is 3.47. The van der Waals surface area contributed by atoms with Gasteiger partial charge in [-0.15, -0.1) is 11.7 Å². The van der Waals surface area contributed by atoms with Crippen molar-refractivity contribution >= 4 is 5.91 Å². The number of nitrogens with two attached hydrogens (primary N) is 1. The number of aromatic nitrogens is 3. The predicted octanol–water partition coefficient (Wildman–Crippen LogP) is -0.129. The highest BCUT2D eigenvalue weighted by Gasteiger charge is 2.11. The van der Waals surface area contributed by atoms with Crippen LogP contribution >= 0.6 is 0 Å². The van der Waals surface area contributed by atoms with Crippen LogP contribution in [0.2, 0.25) is 0 Å². The van der Waals surface area contributed by atoms with Crippen LogP contribution in [0.4, 0.5) is 0 Å². The van der Waals surface area contributed by atoms with E-state index in [4.69, 9.17) is 5.73 Å². The monoisotopic (exact) mass is 166 g/mol. The van der Waals surface area contributed by atoms with Crippen LogP contribution in [0.1, 0.15) is 16.2 Å². The fourth-order valence-corrected chi connectivity index (χ4v) is 0.884. The van der Waals surface area contributed by atoms with Gasteiger partial charge in [0.1, 0.15) is 0 Å². The quantitative estimate of drug-likeness (QED) is 0.636. The maximum absolute atomic E-state index is 10.7. The summed E-state index contributed by atoms with van der Waals surface area (Å²) in [6, 6.07) is 0. The lowest BCUT2D eigenvalue weighted by molar-refractivity contribution is 0.0995. The van der Waals surface area contributed by atoms with E-state index in [-0.39, 0.29) is 5.69 Å². The molecule has 5 heteroatoms. The van der Waals surface area contributed by atoms with E-state index >= 15 is 0 Å². The Labute approximate surface area is 69.9 Å². The molecule has 12 heavy (non-hydrogen) atoms. The van der Waals surface area contributed by atoms with Crippen LogP contribution in [0.25, 0.3) is 0 Å². The van der Waals surface area contributed by atoms with Crippen molar-refractivity contribution in [1.29, 1.82) is 0 Å². The van der Waals surface area contributed by atoms with Crippen LogP contribution in [0.3, 0.4) is 0 Å². The van der Waals surface area contributed by atoms with Crippen molar-refractivity contribution in [3.05, 3.63) is 24.0 Å². The molecule has 1 heterocycles. The highest BCUT2D eigenvalue weighted by atomic mass is 16.1. The molecule has 1 rings (SSSR count). The molecule has 0 saturated carbocycles. The van der Waals surface area contributed by atoms with E-state index in [1.165, 1.54) is 0 Å². The van der Waals surface area contributed by atoms with Gasteiger partial charge in [0.15, 0.2) is 5.69 Å². The predicted molar refractivity (Wildman–Crippen MR) is 43.5 cm³/mol. The zero-order chi connectivity index (χ0) is 9.14. The van der Waals surface area contributed by atoms with E-state index < -0.39 is 5.91 Å². The number of carbonyl (C=O) groups is 1. The Morgan fingerprint density at radius 3 is 2.92 bits per heavy atom. The van der Waals surface area contributed by atoms with Crippen LogP contribution in [0.5, 0.6) is 0 Å². The lowest BCUT2D eigenvalue weighted by Gasteiger charge is -1.96. The Morgan fingerprint density at radius 1 is 1.83 bits per heavy atom. The van der Waals surface area contributed by atoms with Gasteiger partial charge >= 0.3 is 0 Å². The minimum atomic E-state index is -0.553. The molecule has 1 aromatic heterocycles. The van der Waals surface area contributed by atoms with Gasteiger partial charge in [-0.25, -0.2) is 4.68 Å². The van der Waals surface area contributed by atoms with E-state index in [0.29, 0.717) is 12.2 Å². The van der Waals surface area contributed by atoms with Gasteiger partial charge in [0.05, 0.1) is 12.2 Å². The maximum atomic E-state index is 10.7. The molecule has 0 bridgehead atoms. The Morgan fingerprint density at radius 2 is 2.50 bits per heavy atom. The van der Waals surface area contributed by atoms with Crippen molar-refractivity contribution in [2.24, 2.45) is 5.73 Å². The summed E-state index contributed by atoms with van der Waals surface area (Å²) in [6.45, 7) is 5.82. The number of hydrogen-bond donors (Lipinski definition) is 1. The summed E-state index contributed by atoms with van der Waals surface area (Å²) in [5.41, 5.74) is 5.93. The second-order valence-corrected chi connectivity index (χ2v) is 2.36. The third-order valence-corrected chi connectivity index (χ3v) is 1.52. The van der Waals surface area contributed by atoms with Gasteiger partial charge in [0, 0.05) is 0 Å². The summed E-state index contributed by atoms with van der Waals surface area (Å²) >= 11 is 0. The lowest BCUT2D eigenvalue weighted by atomic mass is 10.3. The average molecular weight is 166 g/mol. The first-order chi connectivity index (χ1) is 5.66. The van der Waals surface area contributed by atoms with Crippen molar-refractivity contribution in [2.75, 3.05) is 0 Å². The topological polar surface area (TPSA) is 73.8 Å². The van der Waals surface area contributed by atoms with E-state index in [1.807, 2.05) is 0 Å². The van der Waals surface area contributed by atoms with Gasteiger partial charge in [0.2, 0.25) is 0 Å². The van der Waals surface area contributed by atoms with Crippen LogP contribution in [-0.4, -0.2) is 20.9 Å². The number of amides is 1. The lowest BCUT2D eigenvalue weighted by Crippen LogP contribution is -2.13. The number of primary amides is 1. The van der Waals surface area contributed by atoms with Crippen LogP contribution in [0.15, 0.2) is 12.7 Å². The first kappa shape index (κ1) is 8.45. The van der Waals surface area contributed by atoms with Gasteiger partial charge < -0.3 is 5.73 Å². The molecule has 0 aromatic carbocycles. The minimum absolute atomic E-state index is 0.219. The SMILES string of the molecule is C=CCn1nnc(C(N)=O)c1C. The highest BCUT2D eigenvalue weighted by Crippen LogP contribution is 2.01. The molecule has 0 spiro atoms. The van der Waals surface area contributed by atoms with Crippen molar-refractivity contribution in [2.45, 2.75) is 13.5 Å². The molecule has 1 aromatic rings. The van der Waals surface area contributed by atoms with Crippen LogP contribution < -0.4 is 5.73 Å². The van der Waals surface area contributed by atoms with E-state index in [1.54, 1.807) is 17.7 Å². The van der Waals surface area contributed by atoms with E-state index in [9.17, 15) is 4.79 Å². The van der Waals surface area contributed by atoms with Crippen molar-refractivity contribution in [3.8, 4) is 0 Å². The smallest absolute Gasteiger partial charge is 0.271 e. The van der Waals surface area contributed by atoms with Crippen LogP contribution in [0, 0.1) is 6.92 Å². The van der Waals surface area contributed by atoms with E-state index in [0.717, 1.165) is 0 Å². The Balaban J connectivity index is 3.03. The van der Waals surface area contributed by atoms with E-state index in [2.05, 4.69) is 16.9 Å². The number of hydrogen-bond acceptors (Lipinski definition) is 3. The molecule has 0 fully saturated rings. The maximum Gasteiger partial charge on any atom is 0.271 e. The average Bonchev–Trinajstić information content (AvgIpc) is 2.34. The zero-order valence-corrected chi connectivity index (χ0v) is 6.82. The second-order valence-electron chi connectivity index (χ2n) is 2.36. The molecule has 5 nitrogen and oxygen atoms in total. The molecule has 1 amide bonds. The Hall–Kier alpha value is -1.65. The summed E-state index contributed by atoms with van der Waals surface area (Å²) in [5, 5.41) is 7.35. The molecule has 2 N–H and O–H groups in total. The molecule has 0 aliphatic rings. The number of rotatable bonds is 3. The minimum Gasteiger partial charge on any atom is -0.364 e.